The summed E-state index contributed by atoms with van der Waals surface area (Å²) in [6.45, 7) is 10.8. The third-order valence-electron chi connectivity index (χ3n) is 5.27. The number of phenolic OH excluding ortho intramolecular Hbond substituents is 1. The third kappa shape index (κ3) is 4.94. The normalized spacial score (nSPS) is 19.5. The highest BCUT2D eigenvalue weighted by atomic mass is 16.5. The van der Waals surface area contributed by atoms with Crippen LogP contribution in [0.5, 0.6) is 11.5 Å². The second kappa shape index (κ2) is 9.53. The number of hydrogen-bond acceptors (Lipinski definition) is 2. The molecule has 140 valence electrons. The number of benzene rings is 1. The van der Waals surface area contributed by atoms with E-state index in [-0.39, 0.29) is 12.5 Å². The Kier molecular flexibility index (Phi) is 7.39. The minimum absolute atomic E-state index is 0.0821. The summed E-state index contributed by atoms with van der Waals surface area (Å²) < 4.78 is 5.88. The predicted octanol–water partition coefficient (Wildman–Crippen LogP) is 6.15. The molecular formula is C24H32O2. The van der Waals surface area contributed by atoms with Crippen LogP contribution in [-0.4, -0.2) is 11.7 Å². The molecule has 1 aliphatic rings. The number of hydrogen-bond donors (Lipinski definition) is 1. The molecule has 2 nitrogen and oxygen atoms in total. The first-order valence-electron chi connectivity index (χ1n) is 9.72. The van der Waals surface area contributed by atoms with E-state index in [1.165, 1.54) is 18.4 Å². The fourth-order valence-corrected chi connectivity index (χ4v) is 3.87. The highest BCUT2D eigenvalue weighted by molar-refractivity contribution is 5.52. The molecule has 0 spiro atoms. The van der Waals surface area contributed by atoms with Crippen molar-refractivity contribution >= 4 is 0 Å². The Bertz CT molecular complexity index is 706. The molecular weight excluding hydrogens is 320 g/mol. The second-order valence-electron chi connectivity index (χ2n) is 7.51. The Morgan fingerprint density at radius 2 is 2.15 bits per heavy atom. The van der Waals surface area contributed by atoms with Crippen molar-refractivity contribution in [1.29, 1.82) is 0 Å². The smallest absolute Gasteiger partial charge is 0.148 e. The maximum Gasteiger partial charge on any atom is 0.148 e. The maximum atomic E-state index is 10.9. The molecule has 2 atom stereocenters. The van der Waals surface area contributed by atoms with Gasteiger partial charge in [-0.05, 0) is 63.1 Å². The van der Waals surface area contributed by atoms with Gasteiger partial charge in [0.1, 0.15) is 18.1 Å². The van der Waals surface area contributed by atoms with Crippen molar-refractivity contribution in [2.75, 3.05) is 6.61 Å². The Morgan fingerprint density at radius 3 is 2.81 bits per heavy atom. The van der Waals surface area contributed by atoms with Crippen LogP contribution >= 0.6 is 0 Å². The van der Waals surface area contributed by atoms with Gasteiger partial charge >= 0.3 is 0 Å². The molecule has 26 heavy (non-hydrogen) atoms. The highest BCUT2D eigenvalue weighted by Gasteiger charge is 2.30. The van der Waals surface area contributed by atoms with E-state index in [4.69, 9.17) is 11.2 Å². The summed E-state index contributed by atoms with van der Waals surface area (Å²) in [6, 6.07) is 3.97. The number of ether oxygens (including phenoxy) is 1. The van der Waals surface area contributed by atoms with E-state index in [0.717, 1.165) is 48.1 Å². The van der Waals surface area contributed by atoms with Gasteiger partial charge < -0.3 is 9.84 Å². The lowest BCUT2D eigenvalue weighted by Crippen LogP contribution is -2.18. The molecule has 1 aliphatic carbocycles. The van der Waals surface area contributed by atoms with E-state index in [2.05, 4.69) is 45.4 Å². The van der Waals surface area contributed by atoms with Crippen LogP contribution in [0.15, 0.2) is 35.9 Å². The molecule has 1 N–H and O–H groups in total. The molecule has 0 unspecified atom stereocenters. The van der Waals surface area contributed by atoms with Crippen LogP contribution in [0.2, 0.25) is 0 Å². The van der Waals surface area contributed by atoms with Crippen molar-refractivity contribution in [2.45, 2.75) is 65.2 Å². The van der Waals surface area contributed by atoms with Crippen molar-refractivity contribution in [1.82, 2.24) is 0 Å². The van der Waals surface area contributed by atoms with Crippen LogP contribution in [0.1, 0.15) is 69.9 Å². The minimum Gasteiger partial charge on any atom is -0.507 e. The predicted molar refractivity (Wildman–Crippen MR) is 110 cm³/mol. The molecule has 1 aromatic carbocycles. The summed E-state index contributed by atoms with van der Waals surface area (Å²) in [5, 5.41) is 10.9. The van der Waals surface area contributed by atoms with Gasteiger partial charge in [0.05, 0.1) is 0 Å². The van der Waals surface area contributed by atoms with Crippen molar-refractivity contribution in [2.24, 2.45) is 5.92 Å². The molecule has 1 aromatic rings. The van der Waals surface area contributed by atoms with Gasteiger partial charge in [-0.25, -0.2) is 0 Å². The number of rotatable bonds is 8. The first-order chi connectivity index (χ1) is 12.5. The molecule has 0 aromatic heterocycles. The Labute approximate surface area is 159 Å². The molecule has 0 bridgehead atoms. The van der Waals surface area contributed by atoms with E-state index < -0.39 is 0 Å². The minimum atomic E-state index is 0.0821. The number of unbranched alkanes of at least 4 members (excludes halogenated alkanes) is 2. The van der Waals surface area contributed by atoms with Gasteiger partial charge in [-0.1, -0.05) is 49.5 Å². The Morgan fingerprint density at radius 1 is 1.38 bits per heavy atom. The summed E-state index contributed by atoms with van der Waals surface area (Å²) >= 11 is 0. The molecule has 2 rings (SSSR count). The lowest BCUT2D eigenvalue weighted by molar-refractivity contribution is 0.350. The fourth-order valence-electron chi connectivity index (χ4n) is 3.87. The van der Waals surface area contributed by atoms with Crippen LogP contribution in [0, 0.1) is 18.3 Å². The SMILES string of the molecule is C#CCOc1cc(CCCCC)cc(O)c1[C@@H]1C=C(C)CC[C@H]1C(=C)C. The summed E-state index contributed by atoms with van der Waals surface area (Å²) in [5.41, 5.74) is 4.46. The highest BCUT2D eigenvalue weighted by Crippen LogP contribution is 2.46. The topological polar surface area (TPSA) is 29.5 Å². The van der Waals surface area contributed by atoms with Gasteiger partial charge in [0, 0.05) is 11.5 Å². The first-order valence-corrected chi connectivity index (χ1v) is 9.72. The summed E-state index contributed by atoms with van der Waals surface area (Å²) in [4.78, 5) is 0. The van der Waals surface area contributed by atoms with Crippen LogP contribution in [0.25, 0.3) is 0 Å². The Hall–Kier alpha value is -2.14. The quantitative estimate of drug-likeness (QED) is 0.345. The van der Waals surface area contributed by atoms with Gasteiger partial charge in [0.15, 0.2) is 0 Å². The molecule has 0 radical (unpaired) electrons. The molecule has 0 amide bonds. The Balaban J connectivity index is 2.45. The molecule has 0 fully saturated rings. The zero-order valence-electron chi connectivity index (χ0n) is 16.5. The van der Waals surface area contributed by atoms with Gasteiger partial charge in [-0.2, -0.15) is 0 Å². The summed E-state index contributed by atoms with van der Waals surface area (Å²) in [7, 11) is 0. The van der Waals surface area contributed by atoms with E-state index in [1.807, 2.05) is 6.07 Å². The average molecular weight is 353 g/mol. The molecule has 2 heteroatoms. The van der Waals surface area contributed by atoms with Crippen molar-refractivity contribution in [3.8, 4) is 23.8 Å². The van der Waals surface area contributed by atoms with Crippen molar-refractivity contribution in [3.63, 3.8) is 0 Å². The first kappa shape index (κ1) is 20.2. The van der Waals surface area contributed by atoms with Crippen LogP contribution in [0.4, 0.5) is 0 Å². The maximum absolute atomic E-state index is 10.9. The molecule has 0 aliphatic heterocycles. The van der Waals surface area contributed by atoms with E-state index >= 15 is 0 Å². The van der Waals surface area contributed by atoms with E-state index in [0.29, 0.717) is 11.7 Å². The zero-order chi connectivity index (χ0) is 19.1. The number of allylic oxidation sites excluding steroid dienone is 3. The van der Waals surface area contributed by atoms with Crippen molar-refractivity contribution < 1.29 is 9.84 Å². The largest absolute Gasteiger partial charge is 0.507 e. The standard InChI is InChI=1S/C24H32O2/c1-6-8-9-10-19-15-22(25)24(23(16-19)26-13-7-2)21-14-18(5)11-12-20(21)17(3)4/h2,14-16,20-21,25H,3,6,8-13H2,1,4-5H3/t20-,21+/m0/s1. The number of phenols is 1. The third-order valence-corrected chi connectivity index (χ3v) is 5.27. The van der Waals surface area contributed by atoms with E-state index in [1.54, 1.807) is 0 Å². The lowest BCUT2D eigenvalue weighted by Gasteiger charge is -2.32. The van der Waals surface area contributed by atoms with Gasteiger partial charge in [0.25, 0.3) is 0 Å². The second-order valence-corrected chi connectivity index (χ2v) is 7.51. The van der Waals surface area contributed by atoms with Crippen LogP contribution in [-0.2, 0) is 6.42 Å². The van der Waals surface area contributed by atoms with Gasteiger partial charge in [-0.15, -0.1) is 6.42 Å². The molecule has 0 saturated heterocycles. The van der Waals surface area contributed by atoms with Crippen molar-refractivity contribution in [3.05, 3.63) is 47.1 Å². The number of aromatic hydroxyl groups is 1. The van der Waals surface area contributed by atoms with E-state index in [9.17, 15) is 5.11 Å². The van der Waals surface area contributed by atoms with Crippen LogP contribution in [0.3, 0.4) is 0 Å². The molecule has 0 saturated carbocycles. The monoisotopic (exact) mass is 352 g/mol. The lowest BCUT2D eigenvalue weighted by atomic mass is 9.73. The summed E-state index contributed by atoms with van der Waals surface area (Å²) in [6.07, 6.45) is 14.2. The average Bonchev–Trinajstić information content (AvgIpc) is 2.59. The summed E-state index contributed by atoms with van der Waals surface area (Å²) in [5.74, 6) is 3.97. The molecule has 0 heterocycles. The van der Waals surface area contributed by atoms with Gasteiger partial charge in [-0.3, -0.25) is 0 Å². The van der Waals surface area contributed by atoms with Gasteiger partial charge in [0.2, 0.25) is 0 Å². The zero-order valence-corrected chi connectivity index (χ0v) is 16.5. The number of aryl methyl sites for hydroxylation is 1. The van der Waals surface area contributed by atoms with Crippen LogP contribution < -0.4 is 4.74 Å². The fraction of sp³-hybridized carbons (Fsp3) is 0.500. The number of terminal acetylenes is 1.